The zero-order chi connectivity index (χ0) is 9.30. The van der Waals surface area contributed by atoms with E-state index >= 15 is 0 Å². The van der Waals surface area contributed by atoms with Gasteiger partial charge in [0.25, 0.3) is 5.91 Å². The molecule has 0 heterocycles. The second-order valence-electron chi connectivity index (χ2n) is 2.15. The minimum atomic E-state index is -0.607. The number of nitrogens with two attached hydrogens (primary N) is 1. The summed E-state index contributed by atoms with van der Waals surface area (Å²) in [7, 11) is 0. The van der Waals surface area contributed by atoms with E-state index in [0.29, 0.717) is 3.57 Å². The Morgan fingerprint density at radius 2 is 2.00 bits per heavy atom. The van der Waals surface area contributed by atoms with Crippen molar-refractivity contribution in [3.63, 3.8) is 0 Å². The summed E-state index contributed by atoms with van der Waals surface area (Å²) in [4.78, 5) is 10.8. The topological polar surface area (TPSA) is 63.3 Å². The number of rotatable bonds is 1. The first-order valence-corrected chi connectivity index (χ1v) is 5.16. The van der Waals surface area contributed by atoms with Gasteiger partial charge in [-0.3, -0.25) is 4.79 Å². The van der Waals surface area contributed by atoms with E-state index in [0.717, 1.165) is 3.57 Å². The largest absolute Gasteiger partial charge is 0.506 e. The highest BCUT2D eigenvalue weighted by Crippen LogP contribution is 2.26. The van der Waals surface area contributed by atoms with E-state index in [2.05, 4.69) is 22.6 Å². The smallest absolute Gasteiger partial charge is 0.252 e. The van der Waals surface area contributed by atoms with Gasteiger partial charge >= 0.3 is 0 Å². The van der Waals surface area contributed by atoms with Crippen LogP contribution in [-0.2, 0) is 0 Å². The summed E-state index contributed by atoms with van der Waals surface area (Å²) < 4.78 is 1.51. The first-order chi connectivity index (χ1) is 5.52. The van der Waals surface area contributed by atoms with E-state index < -0.39 is 5.91 Å². The standard InChI is InChI=1S/C7H5I2NO2/c8-3-1-4(7(10)12)6(11)5(9)2-3/h1-2,11H,(H2,10,12). The van der Waals surface area contributed by atoms with Crippen LogP contribution in [0.1, 0.15) is 10.4 Å². The Kier molecular flexibility index (Phi) is 3.16. The average Bonchev–Trinajstić information content (AvgIpc) is 1.96. The molecule has 0 saturated carbocycles. The summed E-state index contributed by atoms with van der Waals surface area (Å²) >= 11 is 4.00. The molecule has 1 aromatic rings. The number of hydrogen-bond donors (Lipinski definition) is 2. The monoisotopic (exact) mass is 389 g/mol. The Balaban J connectivity index is 3.37. The second kappa shape index (κ2) is 3.77. The molecule has 0 saturated heterocycles. The van der Waals surface area contributed by atoms with Crippen molar-refractivity contribution in [3.8, 4) is 5.75 Å². The number of carbonyl (C=O) groups is 1. The number of amides is 1. The summed E-state index contributed by atoms with van der Waals surface area (Å²) in [6.07, 6.45) is 0. The molecule has 1 rings (SSSR count). The van der Waals surface area contributed by atoms with E-state index in [1.54, 1.807) is 12.1 Å². The minimum Gasteiger partial charge on any atom is -0.506 e. The Morgan fingerprint density at radius 3 is 2.50 bits per heavy atom. The zero-order valence-electron chi connectivity index (χ0n) is 5.84. The van der Waals surface area contributed by atoms with Gasteiger partial charge < -0.3 is 10.8 Å². The van der Waals surface area contributed by atoms with Gasteiger partial charge in [0.1, 0.15) is 5.75 Å². The van der Waals surface area contributed by atoms with Gasteiger partial charge in [-0.25, -0.2) is 0 Å². The highest BCUT2D eigenvalue weighted by Gasteiger charge is 2.11. The molecule has 1 amide bonds. The fourth-order valence-corrected chi connectivity index (χ4v) is 2.60. The van der Waals surface area contributed by atoms with E-state index in [1.165, 1.54) is 0 Å². The van der Waals surface area contributed by atoms with Gasteiger partial charge in [0, 0.05) is 3.57 Å². The lowest BCUT2D eigenvalue weighted by atomic mass is 10.2. The van der Waals surface area contributed by atoms with Crippen molar-refractivity contribution in [1.29, 1.82) is 0 Å². The summed E-state index contributed by atoms with van der Waals surface area (Å²) in [5.74, 6) is -0.646. The van der Waals surface area contributed by atoms with Crippen molar-refractivity contribution in [3.05, 3.63) is 24.8 Å². The van der Waals surface area contributed by atoms with Crippen LogP contribution >= 0.6 is 45.2 Å². The molecule has 0 aliphatic carbocycles. The third-order valence-corrected chi connectivity index (χ3v) is 2.74. The molecule has 0 unspecified atom stereocenters. The van der Waals surface area contributed by atoms with E-state index in [-0.39, 0.29) is 11.3 Å². The maximum absolute atomic E-state index is 10.8. The molecular weight excluding hydrogens is 384 g/mol. The Morgan fingerprint density at radius 1 is 1.42 bits per heavy atom. The van der Waals surface area contributed by atoms with Crippen molar-refractivity contribution < 1.29 is 9.90 Å². The number of primary amides is 1. The van der Waals surface area contributed by atoms with Crippen molar-refractivity contribution in [1.82, 2.24) is 0 Å². The summed E-state index contributed by atoms with van der Waals surface area (Å²) in [6.45, 7) is 0. The van der Waals surface area contributed by atoms with E-state index in [9.17, 15) is 9.90 Å². The Hall–Kier alpha value is -0.0500. The molecule has 3 nitrogen and oxygen atoms in total. The van der Waals surface area contributed by atoms with Crippen LogP contribution in [0, 0.1) is 7.14 Å². The molecule has 0 aromatic heterocycles. The Labute approximate surface area is 96.6 Å². The average molecular weight is 389 g/mol. The molecule has 0 fully saturated rings. The fourth-order valence-electron chi connectivity index (χ4n) is 0.754. The van der Waals surface area contributed by atoms with Crippen LogP contribution in [0.15, 0.2) is 12.1 Å². The number of aromatic hydroxyl groups is 1. The molecule has 1 aromatic carbocycles. The van der Waals surface area contributed by atoms with Crippen molar-refractivity contribution >= 4 is 51.1 Å². The highest BCUT2D eigenvalue weighted by molar-refractivity contribution is 14.1. The van der Waals surface area contributed by atoms with Gasteiger partial charge in [-0.1, -0.05) is 0 Å². The molecule has 0 aliphatic heterocycles. The number of carbonyl (C=O) groups excluding carboxylic acids is 1. The predicted molar refractivity (Wildman–Crippen MR) is 62.1 cm³/mol. The second-order valence-corrected chi connectivity index (χ2v) is 4.56. The molecule has 64 valence electrons. The van der Waals surface area contributed by atoms with Gasteiger partial charge in [0.2, 0.25) is 0 Å². The van der Waals surface area contributed by atoms with Crippen LogP contribution in [0.5, 0.6) is 5.75 Å². The molecule has 12 heavy (non-hydrogen) atoms. The van der Waals surface area contributed by atoms with Gasteiger partial charge in [0.15, 0.2) is 0 Å². The SMILES string of the molecule is NC(=O)c1cc(I)cc(I)c1O. The number of phenols is 1. The van der Waals surface area contributed by atoms with Gasteiger partial charge in [0.05, 0.1) is 9.13 Å². The first kappa shape index (κ1) is 10.0. The quantitative estimate of drug-likeness (QED) is 0.719. The normalized spacial score (nSPS) is 9.83. The van der Waals surface area contributed by atoms with Crippen LogP contribution in [0.4, 0.5) is 0 Å². The number of hydrogen-bond acceptors (Lipinski definition) is 2. The van der Waals surface area contributed by atoms with Gasteiger partial charge in [-0.15, -0.1) is 0 Å². The molecule has 0 aliphatic rings. The third kappa shape index (κ3) is 2.00. The lowest BCUT2D eigenvalue weighted by Crippen LogP contribution is -2.11. The number of benzene rings is 1. The molecule has 0 radical (unpaired) electrons. The lowest BCUT2D eigenvalue weighted by Gasteiger charge is -2.02. The summed E-state index contributed by atoms with van der Waals surface area (Å²) in [5.41, 5.74) is 5.22. The van der Waals surface area contributed by atoms with Crippen LogP contribution in [0.3, 0.4) is 0 Å². The molecule has 0 bridgehead atoms. The molecule has 0 spiro atoms. The van der Waals surface area contributed by atoms with Crippen LogP contribution in [0.2, 0.25) is 0 Å². The van der Waals surface area contributed by atoms with Crippen molar-refractivity contribution in [2.75, 3.05) is 0 Å². The van der Waals surface area contributed by atoms with Crippen LogP contribution in [-0.4, -0.2) is 11.0 Å². The third-order valence-electron chi connectivity index (χ3n) is 1.29. The van der Waals surface area contributed by atoms with Crippen LogP contribution < -0.4 is 5.73 Å². The number of halogens is 2. The molecule has 0 atom stereocenters. The van der Waals surface area contributed by atoms with Gasteiger partial charge in [-0.2, -0.15) is 0 Å². The zero-order valence-corrected chi connectivity index (χ0v) is 10.2. The Bertz CT molecular complexity index is 338. The summed E-state index contributed by atoms with van der Waals surface area (Å²) in [6, 6.07) is 3.32. The van der Waals surface area contributed by atoms with E-state index in [4.69, 9.17) is 5.73 Å². The fraction of sp³-hybridized carbons (Fsp3) is 0. The maximum Gasteiger partial charge on any atom is 0.252 e. The van der Waals surface area contributed by atoms with Crippen molar-refractivity contribution in [2.24, 2.45) is 5.73 Å². The minimum absolute atomic E-state index is 0.0384. The maximum atomic E-state index is 10.8. The first-order valence-electron chi connectivity index (χ1n) is 3.00. The van der Waals surface area contributed by atoms with Crippen LogP contribution in [0.25, 0.3) is 0 Å². The molecule has 3 N–H and O–H groups in total. The highest BCUT2D eigenvalue weighted by atomic mass is 127. The van der Waals surface area contributed by atoms with Crippen molar-refractivity contribution in [2.45, 2.75) is 0 Å². The molecule has 5 heteroatoms. The molecular formula is C7H5I2NO2. The van der Waals surface area contributed by atoms with Gasteiger partial charge in [-0.05, 0) is 57.3 Å². The predicted octanol–water partition coefficient (Wildman–Crippen LogP) is 1.70. The summed E-state index contributed by atoms with van der Waals surface area (Å²) in [5, 5.41) is 9.38. The van der Waals surface area contributed by atoms with E-state index in [1.807, 2.05) is 22.6 Å². The lowest BCUT2D eigenvalue weighted by molar-refractivity contribution is 0.0997.